The van der Waals surface area contributed by atoms with Crippen LogP contribution in [0.15, 0.2) is 53.4 Å². The number of rotatable bonds is 8. The Morgan fingerprint density at radius 3 is 2.30 bits per heavy atom. The standard InChI is InChI=1S/C32H38FN5O5S/c1-20(2)29(39)37-14-12-32(13-15-37)18-24(19-32)38(33)30(40)23-10-7-11-25(16-23)44(41,42)36-31-34-26(17-27(35-31)43-5)28-21(3)8-6-9-22(28)4/h6-11,16-17,20,24H,12-15,18-19H2,1-5H3,(H,34,35,36). The molecule has 10 nitrogen and oxygen atoms in total. The van der Waals surface area contributed by atoms with Crippen molar-refractivity contribution in [3.63, 3.8) is 0 Å². The third-order valence-corrected chi connectivity index (χ3v) is 10.1. The fourth-order valence-electron chi connectivity index (χ4n) is 6.26. The maximum Gasteiger partial charge on any atom is 0.281 e. The minimum absolute atomic E-state index is 0.0599. The van der Waals surface area contributed by atoms with Crippen molar-refractivity contribution in [1.29, 1.82) is 0 Å². The van der Waals surface area contributed by atoms with Gasteiger partial charge in [0.1, 0.15) is 0 Å². The largest absolute Gasteiger partial charge is 0.481 e. The van der Waals surface area contributed by atoms with Crippen LogP contribution in [0, 0.1) is 25.2 Å². The van der Waals surface area contributed by atoms with E-state index in [4.69, 9.17) is 4.74 Å². The summed E-state index contributed by atoms with van der Waals surface area (Å²) in [6.45, 7) is 8.90. The van der Waals surface area contributed by atoms with Gasteiger partial charge >= 0.3 is 0 Å². The summed E-state index contributed by atoms with van der Waals surface area (Å²) < 4.78 is 49.7. The number of methoxy groups -OCH3 is 1. The van der Waals surface area contributed by atoms with Crippen LogP contribution in [-0.2, 0) is 14.8 Å². The topological polar surface area (TPSA) is 122 Å². The van der Waals surface area contributed by atoms with Crippen LogP contribution in [0.3, 0.4) is 0 Å². The minimum atomic E-state index is -4.25. The summed E-state index contributed by atoms with van der Waals surface area (Å²) in [5.41, 5.74) is 3.05. The highest BCUT2D eigenvalue weighted by Crippen LogP contribution is 2.51. The zero-order valence-electron chi connectivity index (χ0n) is 25.6. The van der Waals surface area contributed by atoms with E-state index in [1.165, 1.54) is 25.3 Å². The lowest BCUT2D eigenvalue weighted by molar-refractivity contribution is -0.141. The number of sulfonamides is 1. The van der Waals surface area contributed by atoms with E-state index < -0.39 is 22.0 Å². The summed E-state index contributed by atoms with van der Waals surface area (Å²) in [4.78, 5) is 35.6. The maximum absolute atomic E-state index is 15.3. The lowest BCUT2D eigenvalue weighted by atomic mass is 9.60. The number of halogens is 1. The van der Waals surface area contributed by atoms with E-state index in [2.05, 4.69) is 14.7 Å². The first kappa shape index (κ1) is 31.4. The number of nitrogens with one attached hydrogen (secondary N) is 1. The first-order valence-electron chi connectivity index (χ1n) is 14.7. The molecule has 2 aliphatic rings. The molecule has 2 heterocycles. The zero-order valence-corrected chi connectivity index (χ0v) is 26.4. The average Bonchev–Trinajstić information content (AvgIpc) is 2.98. The Morgan fingerprint density at radius 1 is 1.05 bits per heavy atom. The third-order valence-electron chi connectivity index (χ3n) is 8.75. The molecule has 234 valence electrons. The van der Waals surface area contributed by atoms with E-state index in [0.717, 1.165) is 35.6 Å². The highest BCUT2D eigenvalue weighted by atomic mass is 32.2. The molecule has 3 aromatic rings. The van der Waals surface area contributed by atoms with Gasteiger partial charge in [0, 0.05) is 36.2 Å². The summed E-state index contributed by atoms with van der Waals surface area (Å²) in [6, 6.07) is 12.1. The molecule has 0 unspecified atom stereocenters. The number of likely N-dealkylation sites (tertiary alicyclic amines) is 1. The Labute approximate surface area is 257 Å². The molecule has 0 atom stereocenters. The predicted molar refractivity (Wildman–Crippen MR) is 164 cm³/mol. The highest BCUT2D eigenvalue weighted by Gasteiger charge is 2.50. The molecule has 1 aliphatic carbocycles. The maximum atomic E-state index is 15.3. The fraction of sp³-hybridized carbons (Fsp3) is 0.438. The van der Waals surface area contributed by atoms with Gasteiger partial charge in [-0.05, 0) is 74.3 Å². The number of nitrogens with zero attached hydrogens (tertiary/aromatic N) is 4. The van der Waals surface area contributed by atoms with E-state index in [9.17, 15) is 18.0 Å². The summed E-state index contributed by atoms with van der Waals surface area (Å²) in [5, 5.41) is 0.220. The number of hydrogen-bond acceptors (Lipinski definition) is 7. The highest BCUT2D eigenvalue weighted by molar-refractivity contribution is 7.92. The first-order chi connectivity index (χ1) is 20.8. The van der Waals surface area contributed by atoms with E-state index in [-0.39, 0.29) is 44.6 Å². The number of ether oxygens (including phenoxy) is 1. The normalized spacial score (nSPS) is 16.5. The van der Waals surface area contributed by atoms with Gasteiger partial charge in [-0.3, -0.25) is 9.59 Å². The van der Waals surface area contributed by atoms with Crippen molar-refractivity contribution in [1.82, 2.24) is 20.0 Å². The van der Waals surface area contributed by atoms with Crippen LogP contribution in [-0.4, -0.2) is 66.5 Å². The molecule has 1 aliphatic heterocycles. The average molecular weight is 624 g/mol. The zero-order chi connectivity index (χ0) is 31.8. The number of amides is 2. The smallest absolute Gasteiger partial charge is 0.281 e. The molecule has 0 radical (unpaired) electrons. The van der Waals surface area contributed by atoms with Crippen molar-refractivity contribution < 1.29 is 27.2 Å². The van der Waals surface area contributed by atoms with Crippen molar-refractivity contribution in [2.75, 3.05) is 24.9 Å². The summed E-state index contributed by atoms with van der Waals surface area (Å²) >= 11 is 0. The van der Waals surface area contributed by atoms with Gasteiger partial charge in [0.2, 0.25) is 17.7 Å². The molecule has 1 saturated carbocycles. The van der Waals surface area contributed by atoms with Crippen LogP contribution in [0.5, 0.6) is 5.88 Å². The van der Waals surface area contributed by atoms with Gasteiger partial charge in [-0.1, -0.05) is 42.6 Å². The Kier molecular flexibility index (Phi) is 8.66. The van der Waals surface area contributed by atoms with Gasteiger partial charge in [0.05, 0.1) is 23.7 Å². The van der Waals surface area contributed by atoms with E-state index in [1.54, 1.807) is 6.07 Å². The second-order valence-corrected chi connectivity index (χ2v) is 13.9. The Balaban J connectivity index is 1.28. The number of anilines is 1. The summed E-state index contributed by atoms with van der Waals surface area (Å²) in [5.74, 6) is -0.865. The van der Waals surface area contributed by atoms with Crippen molar-refractivity contribution in [2.24, 2.45) is 11.3 Å². The molecule has 1 N–H and O–H groups in total. The van der Waals surface area contributed by atoms with E-state index >= 15 is 4.48 Å². The van der Waals surface area contributed by atoms with Crippen molar-refractivity contribution >= 4 is 27.8 Å². The number of carbonyl (C=O) groups is 2. The van der Waals surface area contributed by atoms with Gasteiger partial charge in [0.25, 0.3) is 15.9 Å². The monoisotopic (exact) mass is 623 g/mol. The first-order valence-corrected chi connectivity index (χ1v) is 16.2. The van der Waals surface area contributed by atoms with Crippen LogP contribution < -0.4 is 9.46 Å². The van der Waals surface area contributed by atoms with Gasteiger partial charge in [-0.15, -0.1) is 0 Å². The number of aromatic nitrogens is 2. The SMILES string of the molecule is COc1cc(-c2c(C)cccc2C)nc(NS(=O)(=O)c2cccc(C(=O)N(F)C3CC4(CCN(C(=O)C(C)C)CC4)C3)c2)n1. The van der Waals surface area contributed by atoms with Gasteiger partial charge in [-0.2, -0.15) is 10.1 Å². The lowest BCUT2D eigenvalue weighted by Gasteiger charge is -2.53. The van der Waals surface area contributed by atoms with E-state index in [0.29, 0.717) is 31.6 Å². The second kappa shape index (κ2) is 12.1. The molecule has 44 heavy (non-hydrogen) atoms. The van der Waals surface area contributed by atoms with Crippen molar-refractivity contribution in [2.45, 2.75) is 64.3 Å². The minimum Gasteiger partial charge on any atom is -0.481 e. The molecule has 2 fully saturated rings. The lowest BCUT2D eigenvalue weighted by Crippen LogP contribution is -2.55. The molecular formula is C32H38FN5O5S. The van der Waals surface area contributed by atoms with Gasteiger partial charge in [0.15, 0.2) is 0 Å². The van der Waals surface area contributed by atoms with Gasteiger partial charge in [-0.25, -0.2) is 18.1 Å². The molecule has 2 amide bonds. The molecule has 5 rings (SSSR count). The Bertz CT molecular complexity index is 1660. The molecule has 2 aromatic carbocycles. The molecule has 1 aromatic heterocycles. The number of carbonyl (C=O) groups excluding carboxylic acids is 2. The number of hydrogen-bond donors (Lipinski definition) is 1. The van der Waals surface area contributed by atoms with Crippen LogP contribution in [0.4, 0.5) is 10.4 Å². The fourth-order valence-corrected chi connectivity index (χ4v) is 7.25. The van der Waals surface area contributed by atoms with Crippen LogP contribution in [0.25, 0.3) is 11.3 Å². The molecule has 1 saturated heterocycles. The molecule has 12 heteroatoms. The number of aryl methyl sites for hydroxylation is 2. The summed E-state index contributed by atoms with van der Waals surface area (Å²) in [7, 11) is -2.82. The predicted octanol–water partition coefficient (Wildman–Crippen LogP) is 5.32. The van der Waals surface area contributed by atoms with Crippen LogP contribution in [0.2, 0.25) is 0 Å². The third kappa shape index (κ3) is 6.26. The Morgan fingerprint density at radius 2 is 1.68 bits per heavy atom. The van der Waals surface area contributed by atoms with Gasteiger partial charge < -0.3 is 9.64 Å². The van der Waals surface area contributed by atoms with Crippen molar-refractivity contribution in [3.05, 3.63) is 65.2 Å². The van der Waals surface area contributed by atoms with Crippen molar-refractivity contribution in [3.8, 4) is 17.1 Å². The second-order valence-electron chi connectivity index (χ2n) is 12.2. The Hall–Kier alpha value is -4.06. The van der Waals surface area contributed by atoms with Crippen LogP contribution >= 0.6 is 0 Å². The molecule has 0 bridgehead atoms. The van der Waals surface area contributed by atoms with Crippen LogP contribution in [0.1, 0.15) is 61.0 Å². The van der Waals surface area contributed by atoms with E-state index in [1.807, 2.05) is 50.8 Å². The number of piperidine rings is 1. The quantitative estimate of drug-likeness (QED) is 0.337. The number of benzene rings is 2. The molecular weight excluding hydrogens is 585 g/mol. The summed E-state index contributed by atoms with van der Waals surface area (Å²) in [6.07, 6.45) is 2.57. The molecule has 1 spiro atoms.